The molecule has 0 aliphatic heterocycles. The van der Waals surface area contributed by atoms with E-state index in [4.69, 9.17) is 0 Å². The van der Waals surface area contributed by atoms with Gasteiger partial charge in [0.05, 0.1) is 16.8 Å². The third-order valence-electron chi connectivity index (χ3n) is 4.76. The van der Waals surface area contributed by atoms with Crippen molar-refractivity contribution in [2.24, 2.45) is 0 Å². The summed E-state index contributed by atoms with van der Waals surface area (Å²) in [6.45, 7) is 0. The first-order chi connectivity index (χ1) is 13.4. The van der Waals surface area contributed by atoms with Crippen molar-refractivity contribution in [3.8, 4) is 0 Å². The quantitative estimate of drug-likeness (QED) is 0.679. The van der Waals surface area contributed by atoms with Crippen molar-refractivity contribution in [1.29, 1.82) is 0 Å². The summed E-state index contributed by atoms with van der Waals surface area (Å²) < 4.78 is 38.6. The molecule has 4 nitrogen and oxygen atoms in total. The van der Waals surface area contributed by atoms with Gasteiger partial charge in [0.1, 0.15) is 0 Å². The minimum atomic E-state index is -4.43. The summed E-state index contributed by atoms with van der Waals surface area (Å²) in [5, 5.41) is 2.80. The highest BCUT2D eigenvalue weighted by Gasteiger charge is 2.31. The van der Waals surface area contributed by atoms with E-state index in [2.05, 4.69) is 15.3 Å². The van der Waals surface area contributed by atoms with Gasteiger partial charge in [-0.05, 0) is 36.1 Å². The molecule has 1 aliphatic rings. The Hall–Kier alpha value is -3.22. The van der Waals surface area contributed by atoms with Gasteiger partial charge >= 0.3 is 6.18 Å². The molecule has 0 spiro atoms. The molecule has 142 valence electrons. The highest BCUT2D eigenvalue weighted by Crippen LogP contribution is 2.33. The van der Waals surface area contributed by atoms with Crippen molar-refractivity contribution in [1.82, 2.24) is 9.97 Å². The average molecular weight is 383 g/mol. The van der Waals surface area contributed by atoms with E-state index in [0.717, 1.165) is 17.7 Å². The molecule has 0 saturated carbocycles. The summed E-state index contributed by atoms with van der Waals surface area (Å²) in [6, 6.07) is 14.6. The Balaban J connectivity index is 1.60. The zero-order chi connectivity index (χ0) is 19.7. The molecule has 1 N–H and O–H groups in total. The molecule has 7 heteroatoms. The number of carbonyl (C=O) groups excluding carboxylic acids is 1. The van der Waals surface area contributed by atoms with Crippen LogP contribution >= 0.6 is 0 Å². The van der Waals surface area contributed by atoms with E-state index in [0.29, 0.717) is 24.1 Å². The number of Topliss-reactive ketones (excluding diaryl/α,β-unsaturated/α-hetero) is 1. The van der Waals surface area contributed by atoms with Gasteiger partial charge in [-0.1, -0.05) is 36.4 Å². The first-order valence-electron chi connectivity index (χ1n) is 8.78. The number of ketones is 1. The van der Waals surface area contributed by atoms with E-state index >= 15 is 0 Å². The molecule has 0 bridgehead atoms. The summed E-state index contributed by atoms with van der Waals surface area (Å²) >= 11 is 0. The number of benzene rings is 2. The Kier molecular flexibility index (Phi) is 4.58. The standard InChI is InChI=1S/C21H16F3N3O/c22-21(23,24)15-7-4-8-16(11-15)26-20-25-12-17-18(27-20)9-14(10-19(17)28)13-5-2-1-3-6-13/h1-8,11-12,14H,9-10H2,(H,25,26,27)/t14-/m1/s1. The maximum atomic E-state index is 12.9. The Bertz CT molecular complexity index is 1020. The molecule has 1 aromatic heterocycles. The van der Waals surface area contributed by atoms with Crippen LogP contribution in [0.5, 0.6) is 0 Å². The lowest BCUT2D eigenvalue weighted by Gasteiger charge is -2.23. The fourth-order valence-electron chi connectivity index (χ4n) is 3.37. The molecular weight excluding hydrogens is 367 g/mol. The first-order valence-corrected chi connectivity index (χ1v) is 8.78. The number of aromatic nitrogens is 2. The van der Waals surface area contributed by atoms with Crippen molar-refractivity contribution >= 4 is 17.4 Å². The fraction of sp³-hybridized carbons (Fsp3) is 0.190. The Morgan fingerprint density at radius 3 is 2.54 bits per heavy atom. The van der Waals surface area contributed by atoms with Gasteiger partial charge in [0.2, 0.25) is 5.95 Å². The van der Waals surface area contributed by atoms with Gasteiger partial charge in [-0.2, -0.15) is 13.2 Å². The lowest BCUT2D eigenvalue weighted by molar-refractivity contribution is -0.137. The lowest BCUT2D eigenvalue weighted by Crippen LogP contribution is -2.21. The number of fused-ring (bicyclic) bond motifs is 1. The largest absolute Gasteiger partial charge is 0.416 e. The summed E-state index contributed by atoms with van der Waals surface area (Å²) in [4.78, 5) is 21.0. The molecule has 0 saturated heterocycles. The van der Waals surface area contributed by atoms with Crippen LogP contribution in [0.3, 0.4) is 0 Å². The number of anilines is 2. The molecule has 4 rings (SSSR count). The van der Waals surface area contributed by atoms with E-state index in [-0.39, 0.29) is 23.3 Å². The highest BCUT2D eigenvalue weighted by molar-refractivity contribution is 5.98. The van der Waals surface area contributed by atoms with Crippen LogP contribution in [-0.4, -0.2) is 15.8 Å². The topological polar surface area (TPSA) is 54.9 Å². The maximum Gasteiger partial charge on any atom is 0.416 e. The van der Waals surface area contributed by atoms with Crippen molar-refractivity contribution in [2.75, 3.05) is 5.32 Å². The smallest absolute Gasteiger partial charge is 0.324 e. The van der Waals surface area contributed by atoms with Crippen LogP contribution in [0.4, 0.5) is 24.8 Å². The van der Waals surface area contributed by atoms with Crippen LogP contribution in [0.25, 0.3) is 0 Å². The highest BCUT2D eigenvalue weighted by atomic mass is 19.4. The molecule has 3 aromatic rings. The van der Waals surface area contributed by atoms with Gasteiger partial charge in [0.25, 0.3) is 0 Å². The molecule has 0 radical (unpaired) electrons. The first kappa shape index (κ1) is 18.2. The van der Waals surface area contributed by atoms with Crippen LogP contribution in [0, 0.1) is 0 Å². The minimum Gasteiger partial charge on any atom is -0.324 e. The summed E-state index contributed by atoms with van der Waals surface area (Å²) in [5.41, 5.74) is 1.62. The lowest BCUT2D eigenvalue weighted by atomic mass is 9.82. The van der Waals surface area contributed by atoms with E-state index in [1.54, 1.807) is 0 Å². The minimum absolute atomic E-state index is 0.0255. The predicted octanol–water partition coefficient (Wildman–Crippen LogP) is 5.15. The number of hydrogen-bond donors (Lipinski definition) is 1. The molecule has 1 atom stereocenters. The third kappa shape index (κ3) is 3.74. The molecule has 2 aromatic carbocycles. The number of nitrogens with zero attached hydrogens (tertiary/aromatic N) is 2. The zero-order valence-corrected chi connectivity index (χ0v) is 14.7. The number of rotatable bonds is 3. The zero-order valence-electron chi connectivity index (χ0n) is 14.7. The molecule has 0 amide bonds. The van der Waals surface area contributed by atoms with E-state index < -0.39 is 11.7 Å². The Labute approximate surface area is 159 Å². The van der Waals surface area contributed by atoms with Crippen molar-refractivity contribution in [3.05, 3.63) is 83.2 Å². The SMILES string of the molecule is O=C1C[C@H](c2ccccc2)Cc2nc(Nc3cccc(C(F)(F)F)c3)ncc21. The molecule has 28 heavy (non-hydrogen) atoms. The van der Waals surface area contributed by atoms with E-state index in [1.807, 2.05) is 30.3 Å². The molecular formula is C21H16F3N3O. The second kappa shape index (κ2) is 7.07. The second-order valence-corrected chi connectivity index (χ2v) is 6.70. The van der Waals surface area contributed by atoms with Gasteiger partial charge in [0, 0.05) is 18.3 Å². The van der Waals surface area contributed by atoms with Gasteiger partial charge in [-0.25, -0.2) is 9.97 Å². The summed E-state index contributed by atoms with van der Waals surface area (Å²) in [7, 11) is 0. The second-order valence-electron chi connectivity index (χ2n) is 6.70. The maximum absolute atomic E-state index is 12.9. The molecule has 0 unspecified atom stereocenters. The number of halogens is 3. The fourth-order valence-corrected chi connectivity index (χ4v) is 3.37. The van der Waals surface area contributed by atoms with Crippen LogP contribution in [0.15, 0.2) is 60.8 Å². The van der Waals surface area contributed by atoms with Crippen LogP contribution in [0.1, 0.15) is 39.5 Å². The van der Waals surface area contributed by atoms with Gasteiger partial charge in [-0.15, -0.1) is 0 Å². The van der Waals surface area contributed by atoms with E-state index in [9.17, 15) is 18.0 Å². The number of nitrogens with one attached hydrogen (secondary N) is 1. The number of alkyl halides is 3. The van der Waals surface area contributed by atoms with Crippen LogP contribution < -0.4 is 5.32 Å². The van der Waals surface area contributed by atoms with Crippen molar-refractivity contribution in [2.45, 2.75) is 24.9 Å². The van der Waals surface area contributed by atoms with Crippen molar-refractivity contribution < 1.29 is 18.0 Å². The molecule has 1 heterocycles. The average Bonchev–Trinajstić information content (AvgIpc) is 2.68. The molecule has 1 aliphatic carbocycles. The number of carbonyl (C=O) groups is 1. The van der Waals surface area contributed by atoms with Crippen molar-refractivity contribution in [3.63, 3.8) is 0 Å². The monoisotopic (exact) mass is 383 g/mol. The van der Waals surface area contributed by atoms with Crippen LogP contribution in [0.2, 0.25) is 0 Å². The molecule has 0 fully saturated rings. The van der Waals surface area contributed by atoms with Gasteiger partial charge in [0.15, 0.2) is 5.78 Å². The Morgan fingerprint density at radius 2 is 1.79 bits per heavy atom. The van der Waals surface area contributed by atoms with Gasteiger partial charge < -0.3 is 5.32 Å². The number of hydrogen-bond acceptors (Lipinski definition) is 4. The summed E-state index contributed by atoms with van der Waals surface area (Å²) in [5.74, 6) is 0.165. The normalized spacial score (nSPS) is 16.5. The van der Waals surface area contributed by atoms with Crippen LogP contribution in [-0.2, 0) is 12.6 Å². The summed E-state index contributed by atoms with van der Waals surface area (Å²) in [6.07, 6.45) is -2.02. The third-order valence-corrected chi connectivity index (χ3v) is 4.76. The Morgan fingerprint density at radius 1 is 1.00 bits per heavy atom. The van der Waals surface area contributed by atoms with E-state index in [1.165, 1.54) is 18.3 Å². The predicted molar refractivity (Wildman–Crippen MR) is 98.6 cm³/mol. The van der Waals surface area contributed by atoms with Gasteiger partial charge in [-0.3, -0.25) is 4.79 Å².